The molecule has 0 amide bonds. The number of carbonyl (C=O) groups excluding carboxylic acids is 2. The molecule has 0 aromatic rings. The van der Waals surface area contributed by atoms with Gasteiger partial charge in [-0.2, -0.15) is 0 Å². The number of rotatable bonds is 0. The van der Waals surface area contributed by atoms with Crippen LogP contribution in [0.3, 0.4) is 0 Å². The maximum atomic E-state index is 11.1. The molecule has 2 heterocycles. The van der Waals surface area contributed by atoms with Crippen LogP contribution in [0, 0.1) is 11.8 Å². The van der Waals surface area contributed by atoms with Gasteiger partial charge in [-0.3, -0.25) is 9.59 Å². The molecular weight excluding hydrogens is 160 g/mol. The average molecular weight is 168 g/mol. The van der Waals surface area contributed by atoms with Gasteiger partial charge >= 0.3 is 11.9 Å². The second kappa shape index (κ2) is 1.88. The highest BCUT2D eigenvalue weighted by Crippen LogP contribution is 2.46. The van der Waals surface area contributed by atoms with Gasteiger partial charge in [0.2, 0.25) is 0 Å². The van der Waals surface area contributed by atoms with Crippen molar-refractivity contribution in [1.29, 1.82) is 0 Å². The molecule has 3 fully saturated rings. The smallest absolute Gasteiger partial charge is 0.317 e. The van der Waals surface area contributed by atoms with Gasteiger partial charge in [-0.25, -0.2) is 0 Å². The van der Waals surface area contributed by atoms with Crippen LogP contribution in [-0.4, -0.2) is 24.1 Å². The summed E-state index contributed by atoms with van der Waals surface area (Å²) in [5.74, 6) is -1.11. The van der Waals surface area contributed by atoms with Crippen LogP contribution in [0.5, 0.6) is 0 Å². The van der Waals surface area contributed by atoms with Crippen molar-refractivity contribution in [1.82, 2.24) is 0 Å². The van der Waals surface area contributed by atoms with Crippen molar-refractivity contribution in [2.45, 2.75) is 25.0 Å². The minimum absolute atomic E-state index is 0.207. The summed E-state index contributed by atoms with van der Waals surface area (Å²) in [6, 6.07) is 0. The number of ether oxygens (including phenoxy) is 2. The molecule has 2 saturated heterocycles. The molecule has 0 aromatic carbocycles. The van der Waals surface area contributed by atoms with Crippen molar-refractivity contribution in [3.05, 3.63) is 0 Å². The van der Waals surface area contributed by atoms with Gasteiger partial charge in [0, 0.05) is 0 Å². The van der Waals surface area contributed by atoms with Crippen molar-refractivity contribution in [2.24, 2.45) is 11.8 Å². The Hall–Kier alpha value is -0.900. The van der Waals surface area contributed by atoms with Gasteiger partial charge < -0.3 is 9.47 Å². The van der Waals surface area contributed by atoms with E-state index in [-0.39, 0.29) is 36.0 Å². The topological polar surface area (TPSA) is 55.9 Å². The van der Waals surface area contributed by atoms with E-state index in [1.54, 1.807) is 0 Å². The highest BCUT2D eigenvalue weighted by Gasteiger charge is 2.57. The molecular formula is C8H8O4. The summed E-state index contributed by atoms with van der Waals surface area (Å²) in [7, 11) is 0. The Balaban J connectivity index is 1.90. The molecule has 4 atom stereocenters. The molecule has 1 aliphatic carbocycles. The fourth-order valence-corrected chi connectivity index (χ4v) is 2.19. The maximum Gasteiger partial charge on any atom is 0.317 e. The lowest BCUT2D eigenvalue weighted by Gasteiger charge is -2.14. The van der Waals surface area contributed by atoms with E-state index in [4.69, 9.17) is 4.74 Å². The molecule has 2 unspecified atom stereocenters. The van der Waals surface area contributed by atoms with E-state index in [0.717, 1.165) is 0 Å². The third-order valence-electron chi connectivity index (χ3n) is 2.95. The molecule has 0 aromatic heterocycles. The zero-order chi connectivity index (χ0) is 8.29. The van der Waals surface area contributed by atoms with Crippen molar-refractivity contribution in [2.75, 3.05) is 0 Å². The van der Waals surface area contributed by atoms with E-state index in [1.807, 2.05) is 0 Å². The summed E-state index contributed by atoms with van der Waals surface area (Å²) in [6.07, 6.45) is 1.81. The fourth-order valence-electron chi connectivity index (χ4n) is 2.19. The number of hydrogen-bond acceptors (Lipinski definition) is 4. The highest BCUT2D eigenvalue weighted by atomic mass is 16.6. The van der Waals surface area contributed by atoms with Crippen LogP contribution in [0.4, 0.5) is 0 Å². The summed E-state index contributed by atoms with van der Waals surface area (Å²) in [5.41, 5.74) is 0. The van der Waals surface area contributed by atoms with Crippen LogP contribution >= 0.6 is 0 Å². The molecule has 64 valence electrons. The van der Waals surface area contributed by atoms with Gasteiger partial charge in [-0.05, 0) is 12.8 Å². The molecule has 2 aliphatic heterocycles. The van der Waals surface area contributed by atoms with Crippen molar-refractivity contribution in [3.8, 4) is 0 Å². The quantitative estimate of drug-likeness (QED) is 0.287. The van der Waals surface area contributed by atoms with Gasteiger partial charge in [0.05, 0.1) is 24.0 Å². The lowest BCUT2D eigenvalue weighted by Crippen LogP contribution is -2.26. The predicted molar refractivity (Wildman–Crippen MR) is 36.0 cm³/mol. The van der Waals surface area contributed by atoms with Crippen LogP contribution in [0.15, 0.2) is 0 Å². The third-order valence-corrected chi connectivity index (χ3v) is 2.95. The third kappa shape index (κ3) is 0.705. The van der Waals surface area contributed by atoms with Crippen molar-refractivity contribution >= 4 is 11.9 Å². The minimum Gasteiger partial charge on any atom is -0.393 e. The van der Waals surface area contributed by atoms with Crippen LogP contribution in [0.25, 0.3) is 0 Å². The highest BCUT2D eigenvalue weighted by molar-refractivity contribution is 5.96. The van der Waals surface area contributed by atoms with Crippen LogP contribution < -0.4 is 0 Å². The van der Waals surface area contributed by atoms with Gasteiger partial charge in [-0.1, -0.05) is 0 Å². The normalized spacial score (nSPS) is 49.7. The first-order valence-corrected chi connectivity index (χ1v) is 4.16. The summed E-state index contributed by atoms with van der Waals surface area (Å²) in [4.78, 5) is 22.2. The molecule has 0 bridgehead atoms. The molecule has 4 nitrogen and oxygen atoms in total. The zero-order valence-corrected chi connectivity index (χ0v) is 6.36. The number of fused-ring (bicyclic) bond motifs is 2. The van der Waals surface area contributed by atoms with Crippen molar-refractivity contribution < 1.29 is 19.1 Å². The van der Waals surface area contributed by atoms with E-state index in [9.17, 15) is 9.59 Å². The van der Waals surface area contributed by atoms with Gasteiger partial charge in [0.25, 0.3) is 0 Å². The monoisotopic (exact) mass is 168 g/mol. The Morgan fingerprint density at radius 2 is 1.50 bits per heavy atom. The molecule has 0 N–H and O–H groups in total. The standard InChI is InChI=1S/C8H8O4/c9-7-3-1-5-6(11-5)2-4(3)8(10)12-7/h3-6H,1-2H2/t3-,4+,5?,6?. The van der Waals surface area contributed by atoms with Crippen LogP contribution in [-0.2, 0) is 19.1 Å². The summed E-state index contributed by atoms with van der Waals surface area (Å²) in [5, 5.41) is 0. The average Bonchev–Trinajstić information content (AvgIpc) is 2.73. The van der Waals surface area contributed by atoms with Crippen molar-refractivity contribution in [3.63, 3.8) is 0 Å². The Kier molecular flexibility index (Phi) is 1.03. The second-order valence-corrected chi connectivity index (χ2v) is 3.64. The van der Waals surface area contributed by atoms with E-state index < -0.39 is 0 Å². The summed E-state index contributed by atoms with van der Waals surface area (Å²) < 4.78 is 9.79. The lowest BCUT2D eigenvalue weighted by molar-refractivity contribution is -0.153. The molecule has 3 aliphatic rings. The zero-order valence-electron chi connectivity index (χ0n) is 6.36. The van der Waals surface area contributed by atoms with Crippen LogP contribution in [0.2, 0.25) is 0 Å². The number of epoxide rings is 1. The Labute approximate surface area is 68.8 Å². The predicted octanol–water partition coefficient (Wildman–Crippen LogP) is -0.137. The first-order chi connectivity index (χ1) is 5.75. The number of hydrogen-bond donors (Lipinski definition) is 0. The molecule has 3 rings (SSSR count). The number of esters is 2. The molecule has 0 spiro atoms. The maximum absolute atomic E-state index is 11.1. The van der Waals surface area contributed by atoms with E-state index in [2.05, 4.69) is 4.74 Å². The Morgan fingerprint density at radius 3 is 2.00 bits per heavy atom. The first kappa shape index (κ1) is 6.60. The lowest BCUT2D eigenvalue weighted by atomic mass is 9.81. The first-order valence-electron chi connectivity index (χ1n) is 4.16. The van der Waals surface area contributed by atoms with Crippen LogP contribution in [0.1, 0.15) is 12.8 Å². The van der Waals surface area contributed by atoms with Gasteiger partial charge in [-0.15, -0.1) is 0 Å². The molecule has 1 saturated carbocycles. The van der Waals surface area contributed by atoms with Gasteiger partial charge in [0.1, 0.15) is 0 Å². The Bertz CT molecular complexity index is 246. The van der Waals surface area contributed by atoms with E-state index >= 15 is 0 Å². The fraction of sp³-hybridized carbons (Fsp3) is 0.750. The summed E-state index contributed by atoms with van der Waals surface area (Å²) >= 11 is 0. The van der Waals surface area contributed by atoms with E-state index in [0.29, 0.717) is 12.8 Å². The molecule has 12 heavy (non-hydrogen) atoms. The Morgan fingerprint density at radius 1 is 1.00 bits per heavy atom. The van der Waals surface area contributed by atoms with E-state index in [1.165, 1.54) is 0 Å². The van der Waals surface area contributed by atoms with Gasteiger partial charge in [0.15, 0.2) is 0 Å². The SMILES string of the molecule is O=C1OC(=O)[C@@H]2CC3OC3C[C@H]12. The largest absolute Gasteiger partial charge is 0.393 e. The molecule has 4 heteroatoms. The molecule has 0 radical (unpaired) electrons. The second-order valence-electron chi connectivity index (χ2n) is 3.64. The minimum atomic E-state index is -0.348. The number of cyclic esters (lactones) is 2. The summed E-state index contributed by atoms with van der Waals surface area (Å²) in [6.45, 7) is 0. The number of carbonyl (C=O) groups is 2.